The first-order valence-electron chi connectivity index (χ1n) is 18.5. The van der Waals surface area contributed by atoms with Crippen molar-refractivity contribution in [3.8, 4) is 0 Å². The maximum absolute atomic E-state index is 4.69. The van der Waals surface area contributed by atoms with E-state index in [0.29, 0.717) is 10.5 Å². The summed E-state index contributed by atoms with van der Waals surface area (Å²) in [5.74, 6) is 0. The Morgan fingerprint density at radius 1 is 0.500 bits per heavy atom. The van der Waals surface area contributed by atoms with Crippen molar-refractivity contribution >= 4 is 68.3 Å². The van der Waals surface area contributed by atoms with E-state index in [4.69, 9.17) is 0 Å². The molecule has 270 valence electrons. The number of fused-ring (bicyclic) bond motifs is 2. The van der Waals surface area contributed by atoms with Gasteiger partial charge < -0.3 is 20.4 Å². The molecule has 2 fully saturated rings. The Kier molecular flexibility index (Phi) is 9.70. The molecule has 10 heteroatoms. The molecule has 2 aliphatic rings. The normalized spacial score (nSPS) is 19.8. The smallest absolute Gasteiger partial charge is 0.161 e. The number of nitrogens with zero attached hydrogens (tertiary/aromatic N) is 6. The van der Waals surface area contributed by atoms with Crippen LogP contribution in [0.2, 0.25) is 0 Å². The molecule has 4 atom stereocenters. The van der Waals surface area contributed by atoms with Crippen molar-refractivity contribution in [3.63, 3.8) is 0 Å². The summed E-state index contributed by atoms with van der Waals surface area (Å²) in [4.78, 5) is 26.1. The Morgan fingerprint density at radius 2 is 0.926 bits per heavy atom. The number of pyridine rings is 4. The zero-order valence-electron chi connectivity index (χ0n) is 30.3. The third-order valence-corrected chi connectivity index (χ3v) is 13.0. The molecule has 54 heavy (non-hydrogen) atoms. The lowest BCUT2D eigenvalue weighted by Gasteiger charge is -2.23. The summed E-state index contributed by atoms with van der Waals surface area (Å²) in [6.07, 6.45) is 3.72. The number of aryl methyl sites for hydroxylation is 2. The largest absolute Gasteiger partial charge is 0.379 e. The van der Waals surface area contributed by atoms with E-state index in [1.807, 2.05) is 49.8 Å². The van der Waals surface area contributed by atoms with Gasteiger partial charge in [-0.2, -0.15) is 0 Å². The second-order valence-corrected chi connectivity index (χ2v) is 16.8. The summed E-state index contributed by atoms with van der Waals surface area (Å²) >= 11 is 3.90. The van der Waals surface area contributed by atoms with Gasteiger partial charge in [0, 0.05) is 104 Å². The Bertz CT molecular complexity index is 2210. The lowest BCUT2D eigenvalue weighted by molar-refractivity contribution is 0.820. The van der Waals surface area contributed by atoms with Crippen LogP contribution in [0.4, 0.5) is 22.7 Å². The van der Waals surface area contributed by atoms with Gasteiger partial charge in [0.2, 0.25) is 0 Å². The molecular formula is C44H42N8S2. The fraction of sp³-hybridized carbons (Fsp3) is 0.227. The van der Waals surface area contributed by atoms with Crippen molar-refractivity contribution in [1.29, 1.82) is 0 Å². The van der Waals surface area contributed by atoms with E-state index in [2.05, 4.69) is 162 Å². The molecule has 0 saturated carbocycles. The first kappa shape index (κ1) is 34.4. The summed E-state index contributed by atoms with van der Waals surface area (Å²) in [5.41, 5.74) is 8.16. The van der Waals surface area contributed by atoms with Crippen molar-refractivity contribution < 1.29 is 0 Å². The van der Waals surface area contributed by atoms with E-state index < -0.39 is 0 Å². The molecule has 2 aliphatic heterocycles. The van der Waals surface area contributed by atoms with Crippen molar-refractivity contribution in [3.05, 3.63) is 145 Å². The second kappa shape index (κ2) is 15.2. The predicted octanol–water partition coefficient (Wildman–Crippen LogP) is 9.11. The van der Waals surface area contributed by atoms with Crippen LogP contribution in [0.3, 0.4) is 0 Å². The molecular weight excluding hydrogens is 705 g/mol. The van der Waals surface area contributed by atoms with Gasteiger partial charge in [-0.1, -0.05) is 36.4 Å². The van der Waals surface area contributed by atoms with E-state index in [-0.39, 0.29) is 12.1 Å². The predicted molar refractivity (Wildman–Crippen MR) is 226 cm³/mol. The number of aromatic nitrogens is 4. The molecule has 2 N–H and O–H groups in total. The summed E-state index contributed by atoms with van der Waals surface area (Å²) in [6, 6.07) is 43.8. The Labute approximate surface area is 324 Å². The third-order valence-electron chi connectivity index (χ3n) is 10.3. The molecule has 8 nitrogen and oxygen atoms in total. The highest BCUT2D eigenvalue weighted by molar-refractivity contribution is 8.00. The molecule has 2 saturated heterocycles. The first-order valence-corrected chi connectivity index (χ1v) is 20.3. The highest BCUT2D eigenvalue weighted by Crippen LogP contribution is 2.38. The molecule has 0 bridgehead atoms. The van der Waals surface area contributed by atoms with Crippen LogP contribution in [0.1, 0.15) is 11.4 Å². The van der Waals surface area contributed by atoms with Gasteiger partial charge in [0.05, 0.1) is 12.1 Å². The Balaban J connectivity index is 0.948. The van der Waals surface area contributed by atoms with Gasteiger partial charge in [0.1, 0.15) is 0 Å². The quantitative estimate of drug-likeness (QED) is 0.142. The topological polar surface area (TPSA) is 82.1 Å². The fourth-order valence-corrected chi connectivity index (χ4v) is 10.1. The number of rotatable bonds is 10. The fourth-order valence-electron chi connectivity index (χ4n) is 7.61. The monoisotopic (exact) mass is 746 g/mol. The van der Waals surface area contributed by atoms with Crippen LogP contribution < -0.4 is 20.4 Å². The van der Waals surface area contributed by atoms with E-state index >= 15 is 0 Å². The molecule has 9 rings (SSSR count). The molecule has 6 heterocycles. The molecule has 0 amide bonds. The van der Waals surface area contributed by atoms with E-state index in [9.17, 15) is 0 Å². The van der Waals surface area contributed by atoms with Crippen molar-refractivity contribution in [2.24, 2.45) is 0 Å². The van der Waals surface area contributed by atoms with E-state index in [1.165, 1.54) is 21.2 Å². The Morgan fingerprint density at radius 3 is 1.35 bits per heavy atom. The maximum Gasteiger partial charge on any atom is 0.161 e. The number of anilines is 4. The standard InChI is InChI=1S/C44H42N8S2/c1-29-13-19-35-37(21-23-45-43(35)47-29)49-39-25-51(27-41(39)53-33-9-5-3-6-10-33)31-15-17-32(18-16-31)52-26-40(42(28-52)54-34-11-7-4-8-12-34)50-38-22-24-46-44-36(38)20-14-30(2)48-44/h3-24,39-42H,25-28H2,1-2H3,(H,45,47,49)(H,46,48,50). The van der Waals surface area contributed by atoms with Crippen molar-refractivity contribution in [2.45, 2.75) is 46.2 Å². The number of thioether (sulfide) groups is 2. The minimum absolute atomic E-state index is 0.228. The minimum atomic E-state index is 0.228. The van der Waals surface area contributed by atoms with Crippen LogP contribution in [0.5, 0.6) is 0 Å². The summed E-state index contributed by atoms with van der Waals surface area (Å²) < 4.78 is 0. The summed E-state index contributed by atoms with van der Waals surface area (Å²) in [5, 5.41) is 10.7. The third kappa shape index (κ3) is 7.41. The van der Waals surface area contributed by atoms with Crippen LogP contribution >= 0.6 is 23.5 Å². The van der Waals surface area contributed by atoms with Crippen LogP contribution in [-0.4, -0.2) is 68.7 Å². The lowest BCUT2D eigenvalue weighted by atomic mass is 10.2. The molecule has 0 spiro atoms. The van der Waals surface area contributed by atoms with Crippen LogP contribution in [-0.2, 0) is 0 Å². The molecule has 0 radical (unpaired) electrons. The number of hydrogen-bond donors (Lipinski definition) is 2. The van der Waals surface area contributed by atoms with Crippen LogP contribution in [0, 0.1) is 13.8 Å². The van der Waals surface area contributed by atoms with Gasteiger partial charge in [-0.05, 0) is 98.8 Å². The van der Waals surface area contributed by atoms with Crippen molar-refractivity contribution in [2.75, 3.05) is 46.6 Å². The molecule has 4 aromatic heterocycles. The zero-order valence-corrected chi connectivity index (χ0v) is 32.0. The molecule has 4 unspecified atom stereocenters. The highest BCUT2D eigenvalue weighted by atomic mass is 32.2. The average molecular weight is 747 g/mol. The Hall–Kier alpha value is -5.32. The summed E-state index contributed by atoms with van der Waals surface area (Å²) in [7, 11) is 0. The van der Waals surface area contributed by atoms with Crippen LogP contribution in [0.25, 0.3) is 22.1 Å². The first-order chi connectivity index (χ1) is 26.5. The highest BCUT2D eigenvalue weighted by Gasteiger charge is 2.36. The maximum atomic E-state index is 4.69. The molecule has 0 aliphatic carbocycles. The van der Waals surface area contributed by atoms with E-state index in [1.54, 1.807) is 0 Å². The molecule has 3 aromatic carbocycles. The van der Waals surface area contributed by atoms with Gasteiger partial charge in [-0.3, -0.25) is 0 Å². The second-order valence-electron chi connectivity index (χ2n) is 14.1. The van der Waals surface area contributed by atoms with Gasteiger partial charge in [-0.25, -0.2) is 19.9 Å². The number of nitrogens with one attached hydrogen (secondary N) is 2. The van der Waals surface area contributed by atoms with Crippen LogP contribution in [0.15, 0.2) is 144 Å². The van der Waals surface area contributed by atoms with Gasteiger partial charge in [0.25, 0.3) is 0 Å². The average Bonchev–Trinajstić information content (AvgIpc) is 3.78. The number of hydrogen-bond acceptors (Lipinski definition) is 10. The van der Waals surface area contributed by atoms with Crippen molar-refractivity contribution in [1.82, 2.24) is 19.9 Å². The minimum Gasteiger partial charge on any atom is -0.379 e. The zero-order chi connectivity index (χ0) is 36.4. The SMILES string of the molecule is Cc1ccc2c(NC3CN(c4ccc(N5CC(Nc6ccnc7nc(C)ccc67)C(Sc6ccccc6)C5)cc4)CC3Sc3ccccc3)ccnc2n1. The van der Waals surface area contributed by atoms with Gasteiger partial charge in [0.15, 0.2) is 11.3 Å². The summed E-state index contributed by atoms with van der Waals surface area (Å²) in [6.45, 7) is 7.70. The lowest BCUT2D eigenvalue weighted by Crippen LogP contribution is -2.30. The molecule has 7 aromatic rings. The number of benzene rings is 3. The van der Waals surface area contributed by atoms with Gasteiger partial charge >= 0.3 is 0 Å². The van der Waals surface area contributed by atoms with Gasteiger partial charge in [-0.15, -0.1) is 23.5 Å². The van der Waals surface area contributed by atoms with E-state index in [0.717, 1.165) is 71.0 Å².